The fraction of sp³-hybridized carbons (Fsp3) is 0.158. The van der Waals surface area contributed by atoms with E-state index in [0.29, 0.717) is 12.1 Å². The minimum Gasteiger partial charge on any atom is -0.319 e. The van der Waals surface area contributed by atoms with Crippen LogP contribution in [-0.2, 0) is 6.54 Å². The zero-order chi connectivity index (χ0) is 18.0. The molecule has 0 fully saturated rings. The van der Waals surface area contributed by atoms with Crippen molar-refractivity contribution in [1.82, 2.24) is 9.78 Å². The van der Waals surface area contributed by atoms with Crippen molar-refractivity contribution in [2.75, 3.05) is 5.32 Å². The van der Waals surface area contributed by atoms with Crippen LogP contribution in [0, 0.1) is 25.5 Å². The Morgan fingerprint density at radius 1 is 1.08 bits per heavy atom. The van der Waals surface area contributed by atoms with Gasteiger partial charge >= 0.3 is 0 Å². The van der Waals surface area contributed by atoms with Crippen LogP contribution in [0.15, 0.2) is 48.5 Å². The van der Waals surface area contributed by atoms with Gasteiger partial charge in [0.15, 0.2) is 0 Å². The molecule has 0 saturated carbocycles. The number of benzene rings is 2. The van der Waals surface area contributed by atoms with Crippen molar-refractivity contribution in [3.05, 3.63) is 82.7 Å². The summed E-state index contributed by atoms with van der Waals surface area (Å²) in [4.78, 5) is 12.2. The van der Waals surface area contributed by atoms with Gasteiger partial charge in [-0.25, -0.2) is 8.78 Å². The molecule has 6 heteroatoms. The van der Waals surface area contributed by atoms with Crippen LogP contribution in [0.25, 0.3) is 0 Å². The van der Waals surface area contributed by atoms with Gasteiger partial charge in [-0.15, -0.1) is 0 Å². The predicted octanol–water partition coefficient (Wildman–Crippen LogP) is 4.08. The summed E-state index contributed by atoms with van der Waals surface area (Å²) in [6.45, 7) is 4.51. The molecule has 1 aromatic heterocycles. The Bertz CT molecular complexity index is 917. The van der Waals surface area contributed by atoms with Crippen molar-refractivity contribution in [3.8, 4) is 0 Å². The first-order valence-electron chi connectivity index (χ1n) is 7.79. The number of anilines is 1. The van der Waals surface area contributed by atoms with Crippen LogP contribution in [0.4, 0.5) is 14.5 Å². The molecule has 0 radical (unpaired) electrons. The molecule has 0 aliphatic rings. The van der Waals surface area contributed by atoms with E-state index in [1.165, 1.54) is 0 Å². The lowest BCUT2D eigenvalue weighted by Crippen LogP contribution is -2.13. The molecule has 0 aliphatic heterocycles. The Hall–Kier alpha value is -3.02. The minimum absolute atomic E-state index is 0.184. The van der Waals surface area contributed by atoms with Gasteiger partial charge in [-0.3, -0.25) is 9.48 Å². The molecule has 2 aromatic carbocycles. The highest BCUT2D eigenvalue weighted by Crippen LogP contribution is 2.17. The van der Waals surface area contributed by atoms with Crippen LogP contribution in [0.1, 0.15) is 27.3 Å². The number of hydrogen-bond acceptors (Lipinski definition) is 2. The van der Waals surface area contributed by atoms with Gasteiger partial charge in [-0.05, 0) is 49.7 Å². The number of aryl methyl sites for hydroxylation is 2. The molecular weight excluding hydrogens is 324 g/mol. The summed E-state index contributed by atoms with van der Waals surface area (Å²) in [5, 5.41) is 6.77. The Balaban J connectivity index is 1.72. The molecule has 4 nitrogen and oxygen atoms in total. The third kappa shape index (κ3) is 3.91. The molecule has 0 aliphatic carbocycles. The maximum atomic E-state index is 13.6. The van der Waals surface area contributed by atoms with Gasteiger partial charge < -0.3 is 5.32 Å². The maximum Gasteiger partial charge on any atom is 0.255 e. The Labute approximate surface area is 144 Å². The van der Waals surface area contributed by atoms with Gasteiger partial charge in [-0.1, -0.05) is 12.1 Å². The zero-order valence-electron chi connectivity index (χ0n) is 13.9. The number of carbonyl (C=O) groups excluding carboxylic acids is 1. The first-order chi connectivity index (χ1) is 11.9. The van der Waals surface area contributed by atoms with Gasteiger partial charge in [-0.2, -0.15) is 5.10 Å². The number of nitrogens with one attached hydrogen (secondary N) is 1. The molecule has 0 unspecified atom stereocenters. The monoisotopic (exact) mass is 341 g/mol. The molecule has 1 N–H and O–H groups in total. The largest absolute Gasteiger partial charge is 0.319 e. The average molecular weight is 341 g/mol. The Kier molecular flexibility index (Phi) is 4.61. The second kappa shape index (κ2) is 6.84. The lowest BCUT2D eigenvalue weighted by atomic mass is 10.1. The predicted molar refractivity (Wildman–Crippen MR) is 91.6 cm³/mol. The molecule has 0 bridgehead atoms. The standard InChI is InChI=1S/C19H17F2N3O/c1-12-9-13(2)24(23-12)11-14-3-5-15(6-4-14)19(25)22-18-10-16(20)7-8-17(18)21/h3-10H,11H2,1-2H3,(H,22,25). The molecule has 1 amide bonds. The highest BCUT2D eigenvalue weighted by molar-refractivity contribution is 6.04. The van der Waals surface area contributed by atoms with E-state index in [-0.39, 0.29) is 5.69 Å². The van der Waals surface area contributed by atoms with Crippen LogP contribution in [0.2, 0.25) is 0 Å². The van der Waals surface area contributed by atoms with Crippen LogP contribution < -0.4 is 5.32 Å². The number of rotatable bonds is 4. The summed E-state index contributed by atoms with van der Waals surface area (Å²) in [6, 6.07) is 11.8. The van der Waals surface area contributed by atoms with E-state index >= 15 is 0 Å². The van der Waals surface area contributed by atoms with Crippen LogP contribution >= 0.6 is 0 Å². The molecule has 1 heterocycles. The number of hydrogen-bond donors (Lipinski definition) is 1. The molecular formula is C19H17F2N3O. The van der Waals surface area contributed by atoms with Crippen molar-refractivity contribution in [2.45, 2.75) is 20.4 Å². The first kappa shape index (κ1) is 16.8. The van der Waals surface area contributed by atoms with Crippen LogP contribution in [0.5, 0.6) is 0 Å². The summed E-state index contributed by atoms with van der Waals surface area (Å²) in [5.41, 5.74) is 3.17. The van der Waals surface area contributed by atoms with Crippen LogP contribution in [0.3, 0.4) is 0 Å². The van der Waals surface area contributed by atoms with Gasteiger partial charge in [0.05, 0.1) is 17.9 Å². The van der Waals surface area contributed by atoms with E-state index in [1.54, 1.807) is 12.1 Å². The van der Waals surface area contributed by atoms with Crippen molar-refractivity contribution in [3.63, 3.8) is 0 Å². The zero-order valence-corrected chi connectivity index (χ0v) is 13.9. The van der Waals surface area contributed by atoms with Gasteiger partial charge in [0, 0.05) is 17.3 Å². The molecule has 0 spiro atoms. The first-order valence-corrected chi connectivity index (χ1v) is 7.79. The van der Waals surface area contributed by atoms with Gasteiger partial charge in [0.2, 0.25) is 0 Å². The third-order valence-corrected chi connectivity index (χ3v) is 3.83. The van der Waals surface area contributed by atoms with Crippen molar-refractivity contribution in [2.24, 2.45) is 0 Å². The number of halogens is 2. The molecule has 0 saturated heterocycles. The summed E-state index contributed by atoms with van der Waals surface area (Å²) >= 11 is 0. The van der Waals surface area contributed by atoms with E-state index in [0.717, 1.165) is 35.2 Å². The smallest absolute Gasteiger partial charge is 0.255 e. The Morgan fingerprint density at radius 3 is 2.44 bits per heavy atom. The van der Waals surface area contributed by atoms with Gasteiger partial charge in [0.25, 0.3) is 5.91 Å². The van der Waals surface area contributed by atoms with E-state index in [1.807, 2.05) is 36.7 Å². The van der Waals surface area contributed by atoms with E-state index in [4.69, 9.17) is 0 Å². The lowest BCUT2D eigenvalue weighted by Gasteiger charge is -2.08. The van der Waals surface area contributed by atoms with E-state index in [9.17, 15) is 13.6 Å². The van der Waals surface area contributed by atoms with Crippen molar-refractivity contribution >= 4 is 11.6 Å². The van der Waals surface area contributed by atoms with E-state index < -0.39 is 17.5 Å². The maximum absolute atomic E-state index is 13.6. The SMILES string of the molecule is Cc1cc(C)n(Cc2ccc(C(=O)Nc3cc(F)ccc3F)cc2)n1. The highest BCUT2D eigenvalue weighted by Gasteiger charge is 2.11. The van der Waals surface area contributed by atoms with Crippen molar-refractivity contribution < 1.29 is 13.6 Å². The average Bonchev–Trinajstić information content (AvgIpc) is 2.89. The molecule has 25 heavy (non-hydrogen) atoms. The van der Waals surface area contributed by atoms with Gasteiger partial charge in [0.1, 0.15) is 11.6 Å². The normalized spacial score (nSPS) is 10.7. The molecule has 3 aromatic rings. The highest BCUT2D eigenvalue weighted by atomic mass is 19.1. The lowest BCUT2D eigenvalue weighted by molar-refractivity contribution is 0.102. The molecule has 3 rings (SSSR count). The van der Waals surface area contributed by atoms with Crippen molar-refractivity contribution in [1.29, 1.82) is 0 Å². The summed E-state index contributed by atoms with van der Waals surface area (Å²) in [7, 11) is 0. The quantitative estimate of drug-likeness (QED) is 0.777. The fourth-order valence-electron chi connectivity index (χ4n) is 2.56. The fourth-order valence-corrected chi connectivity index (χ4v) is 2.56. The summed E-state index contributed by atoms with van der Waals surface area (Å²) < 4.78 is 28.7. The number of nitrogens with zero attached hydrogens (tertiary/aromatic N) is 2. The number of amides is 1. The second-order valence-electron chi connectivity index (χ2n) is 5.86. The molecule has 128 valence electrons. The topological polar surface area (TPSA) is 46.9 Å². The minimum atomic E-state index is -0.684. The number of aromatic nitrogens is 2. The van der Waals surface area contributed by atoms with Crippen LogP contribution in [-0.4, -0.2) is 15.7 Å². The Morgan fingerprint density at radius 2 is 1.80 bits per heavy atom. The molecule has 0 atom stereocenters. The second-order valence-corrected chi connectivity index (χ2v) is 5.86. The van der Waals surface area contributed by atoms with E-state index in [2.05, 4.69) is 10.4 Å². The number of carbonyl (C=O) groups is 1. The third-order valence-electron chi connectivity index (χ3n) is 3.83. The summed E-state index contributed by atoms with van der Waals surface area (Å²) in [5.74, 6) is -1.80. The summed E-state index contributed by atoms with van der Waals surface area (Å²) in [6.07, 6.45) is 0.